The van der Waals surface area contributed by atoms with Crippen molar-refractivity contribution >= 4 is 16.9 Å². The van der Waals surface area contributed by atoms with Crippen molar-refractivity contribution in [2.45, 2.75) is 33.3 Å². The Morgan fingerprint density at radius 1 is 1.03 bits per heavy atom. The molecule has 0 aliphatic carbocycles. The number of para-hydroxylation sites is 1. The molecule has 0 fully saturated rings. The lowest BCUT2D eigenvalue weighted by atomic mass is 9.98. The van der Waals surface area contributed by atoms with Gasteiger partial charge in [-0.1, -0.05) is 67.5 Å². The number of aromatic nitrogens is 3. The average Bonchev–Trinajstić information content (AvgIpc) is 3.22. The fraction of sp³-hybridized carbons (Fsp3) is 0.217. The molecule has 0 spiro atoms. The van der Waals surface area contributed by atoms with Crippen LogP contribution in [-0.2, 0) is 11.3 Å². The van der Waals surface area contributed by atoms with Crippen LogP contribution in [-0.4, -0.2) is 21.1 Å². The highest BCUT2D eigenvalue weighted by molar-refractivity contribution is 6.06. The minimum absolute atomic E-state index is 0.0741. The number of fused-ring (bicyclic) bond motifs is 1. The second kappa shape index (κ2) is 7.83. The Morgan fingerprint density at radius 3 is 2.48 bits per heavy atom. The first-order chi connectivity index (χ1) is 14.0. The van der Waals surface area contributed by atoms with Gasteiger partial charge in [0.15, 0.2) is 12.4 Å². The van der Waals surface area contributed by atoms with Crippen LogP contribution in [0.25, 0.3) is 22.2 Å². The predicted molar refractivity (Wildman–Crippen MR) is 109 cm³/mol. The van der Waals surface area contributed by atoms with Gasteiger partial charge >= 0.3 is 5.97 Å². The van der Waals surface area contributed by atoms with Gasteiger partial charge in [0.1, 0.15) is 0 Å². The number of hydrogen-bond donors (Lipinski definition) is 0. The molecule has 0 bridgehead atoms. The zero-order chi connectivity index (χ0) is 20.4. The van der Waals surface area contributed by atoms with E-state index in [2.05, 4.69) is 10.1 Å². The summed E-state index contributed by atoms with van der Waals surface area (Å²) >= 11 is 0. The van der Waals surface area contributed by atoms with Crippen LogP contribution >= 0.6 is 0 Å². The molecule has 0 radical (unpaired) electrons. The summed E-state index contributed by atoms with van der Waals surface area (Å²) in [5.41, 5.74) is 3.72. The molecule has 6 nitrogen and oxygen atoms in total. The number of carbonyl (C=O) groups excluding carboxylic acids is 1. The molecule has 6 heteroatoms. The summed E-state index contributed by atoms with van der Waals surface area (Å²) in [5, 5.41) is 4.65. The second-order valence-electron chi connectivity index (χ2n) is 7.12. The molecule has 2 aromatic carbocycles. The highest BCUT2D eigenvalue weighted by Gasteiger charge is 2.21. The van der Waals surface area contributed by atoms with Crippen molar-refractivity contribution in [2.24, 2.45) is 0 Å². The maximum atomic E-state index is 13.0. The van der Waals surface area contributed by atoms with E-state index in [1.165, 1.54) is 0 Å². The molecular formula is C23H21N3O3. The van der Waals surface area contributed by atoms with E-state index in [9.17, 15) is 4.79 Å². The fourth-order valence-corrected chi connectivity index (χ4v) is 3.21. The van der Waals surface area contributed by atoms with E-state index in [0.29, 0.717) is 11.4 Å². The van der Waals surface area contributed by atoms with Gasteiger partial charge in [-0.3, -0.25) is 0 Å². The molecule has 0 unspecified atom stereocenters. The van der Waals surface area contributed by atoms with Crippen molar-refractivity contribution in [1.82, 2.24) is 15.1 Å². The SMILES string of the molecule is Cc1c(-c2ccccc2)nc2ccccc2c1C(=O)OCc1nc(C(C)C)no1. The Labute approximate surface area is 168 Å². The molecular weight excluding hydrogens is 366 g/mol. The Hall–Kier alpha value is -3.54. The Bertz CT molecular complexity index is 1170. The third-order valence-electron chi connectivity index (χ3n) is 4.71. The largest absolute Gasteiger partial charge is 0.452 e. The van der Waals surface area contributed by atoms with Crippen molar-refractivity contribution < 1.29 is 14.1 Å². The van der Waals surface area contributed by atoms with Crippen LogP contribution in [0, 0.1) is 6.92 Å². The van der Waals surface area contributed by atoms with Crippen LogP contribution in [0.4, 0.5) is 0 Å². The summed E-state index contributed by atoms with van der Waals surface area (Å²) < 4.78 is 10.7. The Balaban J connectivity index is 1.71. The highest BCUT2D eigenvalue weighted by Crippen LogP contribution is 2.30. The molecule has 0 N–H and O–H groups in total. The lowest BCUT2D eigenvalue weighted by Crippen LogP contribution is -2.10. The number of carbonyl (C=O) groups is 1. The van der Waals surface area contributed by atoms with Gasteiger partial charge in [0, 0.05) is 16.9 Å². The van der Waals surface area contributed by atoms with Gasteiger partial charge in [0.25, 0.3) is 5.89 Å². The van der Waals surface area contributed by atoms with Crippen molar-refractivity contribution in [3.63, 3.8) is 0 Å². The first kappa shape index (κ1) is 18.8. The molecule has 0 saturated carbocycles. The van der Waals surface area contributed by atoms with Gasteiger partial charge in [0.05, 0.1) is 16.8 Å². The Morgan fingerprint density at radius 2 is 1.76 bits per heavy atom. The minimum atomic E-state index is -0.442. The first-order valence-electron chi connectivity index (χ1n) is 9.49. The van der Waals surface area contributed by atoms with Gasteiger partial charge in [-0.15, -0.1) is 0 Å². The van der Waals surface area contributed by atoms with Gasteiger partial charge < -0.3 is 9.26 Å². The fourth-order valence-electron chi connectivity index (χ4n) is 3.21. The van der Waals surface area contributed by atoms with Crippen LogP contribution in [0.3, 0.4) is 0 Å². The molecule has 4 aromatic rings. The van der Waals surface area contributed by atoms with E-state index in [4.69, 9.17) is 14.2 Å². The van der Waals surface area contributed by atoms with Crippen molar-refractivity contribution in [3.05, 3.63) is 77.4 Å². The quantitative estimate of drug-likeness (QED) is 0.445. The molecule has 29 heavy (non-hydrogen) atoms. The molecule has 0 aliphatic rings. The molecule has 146 valence electrons. The summed E-state index contributed by atoms with van der Waals surface area (Å²) in [7, 11) is 0. The molecule has 0 saturated heterocycles. The van der Waals surface area contributed by atoms with Gasteiger partial charge in [-0.05, 0) is 18.6 Å². The number of pyridine rings is 1. The third kappa shape index (κ3) is 3.74. The van der Waals surface area contributed by atoms with E-state index in [1.807, 2.05) is 75.4 Å². The van der Waals surface area contributed by atoms with Crippen molar-refractivity contribution in [1.29, 1.82) is 0 Å². The molecule has 2 aromatic heterocycles. The predicted octanol–water partition coefficient (Wildman–Crippen LogP) is 5.07. The van der Waals surface area contributed by atoms with E-state index < -0.39 is 5.97 Å². The average molecular weight is 387 g/mol. The number of hydrogen-bond acceptors (Lipinski definition) is 6. The van der Waals surface area contributed by atoms with Crippen LogP contribution in [0.1, 0.15) is 47.4 Å². The molecule has 0 amide bonds. The van der Waals surface area contributed by atoms with Crippen LogP contribution in [0.5, 0.6) is 0 Å². The number of nitrogens with zero attached hydrogens (tertiary/aromatic N) is 3. The van der Waals surface area contributed by atoms with Gasteiger partial charge in [-0.25, -0.2) is 9.78 Å². The summed E-state index contributed by atoms with van der Waals surface area (Å²) in [6, 6.07) is 17.4. The van der Waals surface area contributed by atoms with E-state index >= 15 is 0 Å². The summed E-state index contributed by atoms with van der Waals surface area (Å²) in [4.78, 5) is 22.1. The third-order valence-corrected chi connectivity index (χ3v) is 4.71. The first-order valence-corrected chi connectivity index (χ1v) is 9.49. The minimum Gasteiger partial charge on any atom is -0.452 e. The second-order valence-corrected chi connectivity index (χ2v) is 7.12. The summed E-state index contributed by atoms with van der Waals surface area (Å²) in [6.07, 6.45) is 0. The Kier molecular flexibility index (Phi) is 5.08. The lowest BCUT2D eigenvalue weighted by molar-refractivity contribution is 0.0431. The topological polar surface area (TPSA) is 78.1 Å². The number of esters is 1. The maximum absolute atomic E-state index is 13.0. The molecule has 0 atom stereocenters. The van der Waals surface area contributed by atoms with Crippen LogP contribution in [0.15, 0.2) is 59.1 Å². The van der Waals surface area contributed by atoms with Crippen molar-refractivity contribution in [3.8, 4) is 11.3 Å². The standard InChI is InChI=1S/C23H21N3O3/c1-14(2)22-25-19(29-26-22)13-28-23(27)20-15(3)21(16-9-5-4-6-10-16)24-18-12-8-7-11-17(18)20/h4-12,14H,13H2,1-3H3. The van der Waals surface area contributed by atoms with Gasteiger partial charge in [0.2, 0.25) is 0 Å². The normalized spacial score (nSPS) is 11.2. The monoisotopic (exact) mass is 387 g/mol. The van der Waals surface area contributed by atoms with E-state index in [1.54, 1.807) is 0 Å². The number of ether oxygens (including phenoxy) is 1. The van der Waals surface area contributed by atoms with E-state index in [-0.39, 0.29) is 18.4 Å². The highest BCUT2D eigenvalue weighted by atomic mass is 16.6. The zero-order valence-electron chi connectivity index (χ0n) is 16.5. The maximum Gasteiger partial charge on any atom is 0.339 e. The summed E-state index contributed by atoms with van der Waals surface area (Å²) in [6.45, 7) is 5.76. The number of rotatable bonds is 5. The molecule has 2 heterocycles. The molecule has 4 rings (SSSR count). The summed E-state index contributed by atoms with van der Waals surface area (Å²) in [5.74, 6) is 0.569. The van der Waals surface area contributed by atoms with E-state index in [0.717, 1.165) is 27.7 Å². The number of benzene rings is 2. The zero-order valence-corrected chi connectivity index (χ0v) is 16.5. The lowest BCUT2D eigenvalue weighted by Gasteiger charge is -2.13. The van der Waals surface area contributed by atoms with Crippen LogP contribution < -0.4 is 0 Å². The smallest absolute Gasteiger partial charge is 0.339 e. The van der Waals surface area contributed by atoms with Crippen LogP contribution in [0.2, 0.25) is 0 Å². The van der Waals surface area contributed by atoms with Gasteiger partial charge in [-0.2, -0.15) is 4.98 Å². The van der Waals surface area contributed by atoms with Crippen molar-refractivity contribution in [2.75, 3.05) is 0 Å². The molecule has 0 aliphatic heterocycles.